The first-order valence-corrected chi connectivity index (χ1v) is 15.7. The molecule has 2 nitrogen and oxygen atoms in total. The van der Waals surface area contributed by atoms with E-state index in [2.05, 4.69) is 169 Å². The third-order valence-corrected chi connectivity index (χ3v) is 9.05. The van der Waals surface area contributed by atoms with Crippen LogP contribution in [0.15, 0.2) is 180 Å². The zero-order valence-electron chi connectivity index (χ0n) is 25.1. The second-order valence-corrected chi connectivity index (χ2v) is 11.8. The van der Waals surface area contributed by atoms with E-state index >= 15 is 0 Å². The lowest BCUT2D eigenvalue weighted by Gasteiger charge is -2.26. The van der Waals surface area contributed by atoms with E-state index in [4.69, 9.17) is 4.42 Å². The quantitative estimate of drug-likeness (QED) is 0.186. The van der Waals surface area contributed by atoms with Crippen LogP contribution in [0, 0.1) is 0 Å². The SMILES string of the molecule is c1ccc(-c2ccc(-c3ccc(N(c4ccccc4)c4ccc5c(ccc6ccc7c8ccccc8oc7c65)c4)cc3)cc2)cc1. The molecular formula is C44H29NO. The molecule has 9 rings (SSSR count). The molecule has 1 aromatic heterocycles. The minimum Gasteiger partial charge on any atom is -0.455 e. The van der Waals surface area contributed by atoms with Crippen molar-refractivity contribution in [2.24, 2.45) is 0 Å². The van der Waals surface area contributed by atoms with Crippen molar-refractivity contribution in [1.29, 1.82) is 0 Å². The number of para-hydroxylation sites is 2. The fourth-order valence-electron chi connectivity index (χ4n) is 6.77. The van der Waals surface area contributed by atoms with Gasteiger partial charge in [-0.1, -0.05) is 127 Å². The maximum absolute atomic E-state index is 6.46. The molecule has 0 spiro atoms. The molecule has 9 aromatic rings. The molecule has 216 valence electrons. The zero-order chi connectivity index (χ0) is 30.5. The molecule has 0 aliphatic rings. The summed E-state index contributed by atoms with van der Waals surface area (Å²) in [7, 11) is 0. The van der Waals surface area contributed by atoms with Gasteiger partial charge in [-0.15, -0.1) is 0 Å². The Bertz CT molecular complexity index is 2490. The Hall–Kier alpha value is -6.12. The van der Waals surface area contributed by atoms with Gasteiger partial charge in [-0.25, -0.2) is 0 Å². The fraction of sp³-hybridized carbons (Fsp3) is 0. The lowest BCUT2D eigenvalue weighted by molar-refractivity contribution is 0.673. The van der Waals surface area contributed by atoms with Gasteiger partial charge >= 0.3 is 0 Å². The molecule has 0 radical (unpaired) electrons. The number of furan rings is 1. The predicted octanol–water partition coefficient (Wildman–Crippen LogP) is 12.7. The number of fused-ring (bicyclic) bond motifs is 7. The monoisotopic (exact) mass is 587 g/mol. The van der Waals surface area contributed by atoms with E-state index in [0.29, 0.717) is 0 Å². The first-order valence-electron chi connectivity index (χ1n) is 15.7. The molecule has 46 heavy (non-hydrogen) atoms. The highest BCUT2D eigenvalue weighted by molar-refractivity contribution is 6.23. The standard InChI is InChI=1S/C44H29NO/c1-3-9-30(10-4-1)31-15-17-32(18-16-31)33-21-24-37(25-22-33)45(36-11-5-2-6-12-36)38-26-28-39-35(29-38)20-19-34-23-27-41-40-13-7-8-14-42(40)46-44(41)43(34)39/h1-29H. The van der Waals surface area contributed by atoms with Gasteiger partial charge in [0.05, 0.1) is 0 Å². The van der Waals surface area contributed by atoms with Gasteiger partial charge in [-0.2, -0.15) is 0 Å². The number of anilines is 3. The molecular weight excluding hydrogens is 558 g/mol. The summed E-state index contributed by atoms with van der Waals surface area (Å²) < 4.78 is 6.46. The zero-order valence-corrected chi connectivity index (χ0v) is 25.1. The topological polar surface area (TPSA) is 16.4 Å². The molecule has 0 atom stereocenters. The molecule has 0 aliphatic heterocycles. The summed E-state index contributed by atoms with van der Waals surface area (Å²) in [6, 6.07) is 62.7. The van der Waals surface area contributed by atoms with E-state index in [0.717, 1.165) is 44.4 Å². The first-order chi connectivity index (χ1) is 22.8. The molecule has 0 saturated heterocycles. The van der Waals surface area contributed by atoms with Gasteiger partial charge in [0.25, 0.3) is 0 Å². The van der Waals surface area contributed by atoms with Crippen molar-refractivity contribution in [2.45, 2.75) is 0 Å². The lowest BCUT2D eigenvalue weighted by atomic mass is 9.98. The molecule has 0 amide bonds. The Morgan fingerprint density at radius 2 is 0.870 bits per heavy atom. The van der Waals surface area contributed by atoms with Crippen LogP contribution in [-0.2, 0) is 0 Å². The van der Waals surface area contributed by atoms with Crippen molar-refractivity contribution in [2.75, 3.05) is 4.90 Å². The summed E-state index contributed by atoms with van der Waals surface area (Å²) in [6.45, 7) is 0. The summed E-state index contributed by atoms with van der Waals surface area (Å²) in [4.78, 5) is 2.33. The van der Waals surface area contributed by atoms with E-state index in [1.807, 2.05) is 12.1 Å². The predicted molar refractivity (Wildman–Crippen MR) is 194 cm³/mol. The Labute approximate surface area is 267 Å². The van der Waals surface area contributed by atoms with Gasteiger partial charge in [0, 0.05) is 33.2 Å². The van der Waals surface area contributed by atoms with Crippen molar-refractivity contribution in [3.8, 4) is 22.3 Å². The van der Waals surface area contributed by atoms with Crippen LogP contribution in [0.2, 0.25) is 0 Å². The summed E-state index contributed by atoms with van der Waals surface area (Å²) >= 11 is 0. The number of hydrogen-bond donors (Lipinski definition) is 0. The highest BCUT2D eigenvalue weighted by Gasteiger charge is 2.16. The molecule has 0 aliphatic carbocycles. The van der Waals surface area contributed by atoms with Gasteiger partial charge in [0.1, 0.15) is 11.2 Å². The van der Waals surface area contributed by atoms with Crippen molar-refractivity contribution >= 4 is 60.5 Å². The maximum Gasteiger partial charge on any atom is 0.143 e. The van der Waals surface area contributed by atoms with E-state index in [1.54, 1.807) is 0 Å². The van der Waals surface area contributed by atoms with Gasteiger partial charge in [-0.05, 0) is 86.9 Å². The van der Waals surface area contributed by atoms with Crippen LogP contribution in [0.25, 0.3) is 65.7 Å². The van der Waals surface area contributed by atoms with Crippen LogP contribution >= 0.6 is 0 Å². The van der Waals surface area contributed by atoms with Gasteiger partial charge < -0.3 is 9.32 Å². The number of nitrogens with zero attached hydrogens (tertiary/aromatic N) is 1. The van der Waals surface area contributed by atoms with Crippen molar-refractivity contribution < 1.29 is 4.42 Å². The number of rotatable bonds is 5. The van der Waals surface area contributed by atoms with Crippen molar-refractivity contribution in [3.63, 3.8) is 0 Å². The van der Waals surface area contributed by atoms with Gasteiger partial charge in [-0.3, -0.25) is 0 Å². The molecule has 0 bridgehead atoms. The van der Waals surface area contributed by atoms with Crippen LogP contribution in [0.3, 0.4) is 0 Å². The van der Waals surface area contributed by atoms with E-state index in [1.165, 1.54) is 38.4 Å². The van der Waals surface area contributed by atoms with E-state index in [9.17, 15) is 0 Å². The molecule has 0 saturated carbocycles. The largest absolute Gasteiger partial charge is 0.455 e. The Kier molecular flexibility index (Phi) is 6.17. The van der Waals surface area contributed by atoms with Crippen LogP contribution in [0.4, 0.5) is 17.1 Å². The second-order valence-electron chi connectivity index (χ2n) is 11.8. The first kappa shape index (κ1) is 26.3. The molecule has 0 unspecified atom stereocenters. The second kappa shape index (κ2) is 10.8. The minimum absolute atomic E-state index is 0.921. The van der Waals surface area contributed by atoms with Crippen LogP contribution in [0.1, 0.15) is 0 Å². The van der Waals surface area contributed by atoms with Crippen molar-refractivity contribution in [3.05, 3.63) is 176 Å². The van der Waals surface area contributed by atoms with Crippen molar-refractivity contribution in [1.82, 2.24) is 0 Å². The van der Waals surface area contributed by atoms with E-state index in [-0.39, 0.29) is 0 Å². The van der Waals surface area contributed by atoms with Crippen LogP contribution in [-0.4, -0.2) is 0 Å². The summed E-state index contributed by atoms with van der Waals surface area (Å²) in [5.74, 6) is 0. The van der Waals surface area contributed by atoms with Gasteiger partial charge in [0.2, 0.25) is 0 Å². The molecule has 0 fully saturated rings. The molecule has 1 heterocycles. The molecule has 2 heteroatoms. The Morgan fingerprint density at radius 1 is 0.348 bits per heavy atom. The third-order valence-electron chi connectivity index (χ3n) is 9.05. The number of hydrogen-bond acceptors (Lipinski definition) is 2. The van der Waals surface area contributed by atoms with E-state index < -0.39 is 0 Å². The average molecular weight is 588 g/mol. The molecule has 0 N–H and O–H groups in total. The smallest absolute Gasteiger partial charge is 0.143 e. The number of benzene rings is 8. The normalized spacial score (nSPS) is 11.5. The molecule has 8 aromatic carbocycles. The minimum atomic E-state index is 0.921. The van der Waals surface area contributed by atoms with Crippen LogP contribution in [0.5, 0.6) is 0 Å². The maximum atomic E-state index is 6.46. The average Bonchev–Trinajstić information content (AvgIpc) is 3.52. The Balaban J connectivity index is 1.13. The highest BCUT2D eigenvalue weighted by Crippen LogP contribution is 2.41. The fourth-order valence-corrected chi connectivity index (χ4v) is 6.77. The highest BCUT2D eigenvalue weighted by atomic mass is 16.3. The summed E-state index contributed by atoms with van der Waals surface area (Å²) in [5.41, 5.74) is 10.0. The van der Waals surface area contributed by atoms with Crippen LogP contribution < -0.4 is 4.90 Å². The summed E-state index contributed by atoms with van der Waals surface area (Å²) in [6.07, 6.45) is 0. The lowest BCUT2D eigenvalue weighted by Crippen LogP contribution is -2.09. The Morgan fingerprint density at radius 3 is 1.61 bits per heavy atom. The van der Waals surface area contributed by atoms with Gasteiger partial charge in [0.15, 0.2) is 0 Å². The third kappa shape index (κ3) is 4.43. The summed E-state index contributed by atoms with van der Waals surface area (Å²) in [5, 5.41) is 7.01.